The molecule has 0 bridgehead atoms. The topological polar surface area (TPSA) is 12.0 Å². The van der Waals surface area contributed by atoms with E-state index in [1.807, 2.05) is 0 Å². The van der Waals surface area contributed by atoms with Gasteiger partial charge in [-0.2, -0.15) is 13.2 Å². The summed E-state index contributed by atoms with van der Waals surface area (Å²) in [7, 11) is 0. The van der Waals surface area contributed by atoms with Crippen LogP contribution in [0.3, 0.4) is 0 Å². The first-order valence-electron chi connectivity index (χ1n) is 6.31. The van der Waals surface area contributed by atoms with E-state index in [0.29, 0.717) is 4.47 Å². The van der Waals surface area contributed by atoms with Gasteiger partial charge in [0.15, 0.2) is 0 Å². The number of halogens is 4. The van der Waals surface area contributed by atoms with Gasteiger partial charge in [-0.25, -0.2) is 0 Å². The molecular weight excluding hydrogens is 319 g/mol. The first-order valence-corrected chi connectivity index (χ1v) is 7.10. The number of rotatable bonds is 2. The first kappa shape index (κ1) is 14.7. The highest BCUT2D eigenvalue weighted by atomic mass is 79.9. The number of nitrogens with one attached hydrogen (secondary N) is 1. The van der Waals surface area contributed by atoms with Crippen LogP contribution in [0.15, 0.2) is 22.7 Å². The summed E-state index contributed by atoms with van der Waals surface area (Å²) in [6.07, 6.45) is -1.47. The summed E-state index contributed by atoms with van der Waals surface area (Å²) >= 11 is 3.23. The van der Waals surface area contributed by atoms with Gasteiger partial charge in [0, 0.05) is 16.2 Å². The van der Waals surface area contributed by atoms with Gasteiger partial charge in [-0.05, 0) is 42.9 Å². The SMILES string of the molecule is CC1(C)CCC(Nc2cc(Br)ccc2C(F)(F)F)C1. The van der Waals surface area contributed by atoms with Crippen LogP contribution >= 0.6 is 15.9 Å². The lowest BCUT2D eigenvalue weighted by Crippen LogP contribution is -2.20. The second-order valence-corrected chi connectivity index (χ2v) is 6.85. The Bertz CT molecular complexity index is 468. The van der Waals surface area contributed by atoms with Crippen LogP contribution in [0.4, 0.5) is 18.9 Å². The highest BCUT2D eigenvalue weighted by molar-refractivity contribution is 9.10. The van der Waals surface area contributed by atoms with Crippen molar-refractivity contribution in [3.05, 3.63) is 28.2 Å². The Morgan fingerprint density at radius 3 is 2.53 bits per heavy atom. The molecule has 106 valence electrons. The van der Waals surface area contributed by atoms with E-state index in [2.05, 4.69) is 35.1 Å². The predicted molar refractivity (Wildman–Crippen MR) is 74.2 cm³/mol. The molecule has 5 heteroatoms. The van der Waals surface area contributed by atoms with Crippen LogP contribution in [0.2, 0.25) is 0 Å². The fraction of sp³-hybridized carbons (Fsp3) is 0.571. The molecule has 1 fully saturated rings. The van der Waals surface area contributed by atoms with Gasteiger partial charge in [0.2, 0.25) is 0 Å². The van der Waals surface area contributed by atoms with Gasteiger partial charge < -0.3 is 5.32 Å². The minimum atomic E-state index is -4.32. The number of anilines is 1. The molecule has 1 aliphatic carbocycles. The quantitative estimate of drug-likeness (QED) is 0.756. The normalized spacial score (nSPS) is 22.5. The molecule has 0 heterocycles. The van der Waals surface area contributed by atoms with E-state index in [1.54, 1.807) is 0 Å². The molecule has 1 aromatic carbocycles. The molecule has 0 aliphatic heterocycles. The van der Waals surface area contributed by atoms with Gasteiger partial charge in [0.05, 0.1) is 5.56 Å². The van der Waals surface area contributed by atoms with Crippen molar-refractivity contribution in [1.29, 1.82) is 0 Å². The Kier molecular flexibility index (Phi) is 3.87. The van der Waals surface area contributed by atoms with Crippen molar-refractivity contribution in [2.24, 2.45) is 5.41 Å². The van der Waals surface area contributed by atoms with E-state index >= 15 is 0 Å². The van der Waals surface area contributed by atoms with Crippen molar-refractivity contribution >= 4 is 21.6 Å². The summed E-state index contributed by atoms with van der Waals surface area (Å²) in [5, 5.41) is 3.06. The lowest BCUT2D eigenvalue weighted by atomic mass is 9.92. The Morgan fingerprint density at radius 2 is 2.00 bits per heavy atom. The Morgan fingerprint density at radius 1 is 1.32 bits per heavy atom. The van der Waals surface area contributed by atoms with Crippen LogP contribution in [-0.4, -0.2) is 6.04 Å². The van der Waals surface area contributed by atoms with Crippen LogP contribution in [0.5, 0.6) is 0 Å². The average Bonchev–Trinajstić information content (AvgIpc) is 2.56. The first-order chi connectivity index (χ1) is 8.67. The van der Waals surface area contributed by atoms with Crippen molar-refractivity contribution in [3.8, 4) is 0 Å². The van der Waals surface area contributed by atoms with Crippen LogP contribution in [-0.2, 0) is 6.18 Å². The van der Waals surface area contributed by atoms with E-state index in [-0.39, 0.29) is 17.1 Å². The summed E-state index contributed by atoms with van der Waals surface area (Å²) < 4.78 is 39.5. The van der Waals surface area contributed by atoms with E-state index in [1.165, 1.54) is 12.1 Å². The summed E-state index contributed by atoms with van der Waals surface area (Å²) in [6.45, 7) is 4.31. The zero-order chi connectivity index (χ0) is 14.3. The van der Waals surface area contributed by atoms with Gasteiger partial charge in [0.1, 0.15) is 0 Å². The summed E-state index contributed by atoms with van der Waals surface area (Å²) in [6, 6.07) is 4.16. The maximum atomic E-state index is 13.0. The number of hydrogen-bond acceptors (Lipinski definition) is 1. The van der Waals surface area contributed by atoms with Crippen molar-refractivity contribution in [1.82, 2.24) is 0 Å². The van der Waals surface area contributed by atoms with Crippen LogP contribution in [0.1, 0.15) is 38.7 Å². The second kappa shape index (κ2) is 5.00. The van der Waals surface area contributed by atoms with Crippen molar-refractivity contribution < 1.29 is 13.2 Å². The molecule has 1 aromatic rings. The van der Waals surface area contributed by atoms with Crippen molar-refractivity contribution in [2.45, 2.75) is 45.3 Å². The maximum absolute atomic E-state index is 13.0. The fourth-order valence-electron chi connectivity index (χ4n) is 2.66. The van der Waals surface area contributed by atoms with Crippen molar-refractivity contribution in [3.63, 3.8) is 0 Å². The highest BCUT2D eigenvalue weighted by Gasteiger charge is 2.36. The van der Waals surface area contributed by atoms with Gasteiger partial charge in [-0.3, -0.25) is 0 Å². The molecule has 1 nitrogen and oxygen atoms in total. The molecule has 1 N–H and O–H groups in total. The van der Waals surface area contributed by atoms with Gasteiger partial charge in [0.25, 0.3) is 0 Å². The third-order valence-electron chi connectivity index (χ3n) is 3.62. The molecule has 1 saturated carbocycles. The standard InChI is InChI=1S/C14H17BrF3N/c1-13(2)6-5-10(8-13)19-12-7-9(15)3-4-11(12)14(16,17)18/h3-4,7,10,19H,5-6,8H2,1-2H3. The number of benzene rings is 1. The van der Waals surface area contributed by atoms with E-state index in [0.717, 1.165) is 25.3 Å². The maximum Gasteiger partial charge on any atom is 0.418 e. The summed E-state index contributed by atoms with van der Waals surface area (Å²) in [5.41, 5.74) is -0.216. The smallest absolute Gasteiger partial charge is 0.382 e. The lowest BCUT2D eigenvalue weighted by Gasteiger charge is -2.21. The molecule has 0 amide bonds. The molecule has 0 aromatic heterocycles. The lowest BCUT2D eigenvalue weighted by molar-refractivity contribution is -0.137. The van der Waals surface area contributed by atoms with Crippen LogP contribution in [0.25, 0.3) is 0 Å². The number of hydrogen-bond donors (Lipinski definition) is 1. The predicted octanol–water partition coefficient (Wildman–Crippen LogP) is 5.46. The van der Waals surface area contributed by atoms with E-state index < -0.39 is 11.7 Å². The zero-order valence-corrected chi connectivity index (χ0v) is 12.5. The zero-order valence-electron chi connectivity index (χ0n) is 10.9. The second-order valence-electron chi connectivity index (χ2n) is 5.94. The van der Waals surface area contributed by atoms with E-state index in [9.17, 15) is 13.2 Å². The Labute approximate surface area is 119 Å². The Balaban J connectivity index is 2.22. The van der Waals surface area contributed by atoms with Gasteiger partial charge in [-0.15, -0.1) is 0 Å². The molecule has 1 aliphatic rings. The largest absolute Gasteiger partial charge is 0.418 e. The van der Waals surface area contributed by atoms with E-state index in [4.69, 9.17) is 0 Å². The molecule has 19 heavy (non-hydrogen) atoms. The highest BCUT2D eigenvalue weighted by Crippen LogP contribution is 2.41. The average molecular weight is 336 g/mol. The third-order valence-corrected chi connectivity index (χ3v) is 4.11. The molecule has 1 unspecified atom stereocenters. The molecule has 2 rings (SSSR count). The minimum absolute atomic E-state index is 0.116. The van der Waals surface area contributed by atoms with Crippen LogP contribution in [0, 0.1) is 5.41 Å². The van der Waals surface area contributed by atoms with Gasteiger partial charge in [-0.1, -0.05) is 29.8 Å². The molecule has 0 radical (unpaired) electrons. The monoisotopic (exact) mass is 335 g/mol. The minimum Gasteiger partial charge on any atom is -0.382 e. The summed E-state index contributed by atoms with van der Waals surface area (Å²) in [5.74, 6) is 0. The van der Waals surface area contributed by atoms with Crippen LogP contribution < -0.4 is 5.32 Å². The number of alkyl halides is 3. The van der Waals surface area contributed by atoms with Gasteiger partial charge >= 0.3 is 6.18 Å². The van der Waals surface area contributed by atoms with Crippen molar-refractivity contribution in [2.75, 3.05) is 5.32 Å². The third kappa shape index (κ3) is 3.65. The molecular formula is C14H17BrF3N. The molecule has 0 saturated heterocycles. The Hall–Kier alpha value is -0.710. The molecule has 1 atom stereocenters. The fourth-order valence-corrected chi connectivity index (χ4v) is 3.02. The molecule has 0 spiro atoms. The summed E-state index contributed by atoms with van der Waals surface area (Å²) in [4.78, 5) is 0.